The van der Waals surface area contributed by atoms with Crippen molar-refractivity contribution in [3.05, 3.63) is 52.3 Å². The smallest absolute Gasteiger partial charge is 0.404 e. The highest BCUT2D eigenvalue weighted by Gasteiger charge is 2.19. The van der Waals surface area contributed by atoms with Gasteiger partial charge < -0.3 is 10.4 Å². The van der Waals surface area contributed by atoms with Crippen molar-refractivity contribution in [1.82, 2.24) is 14.3 Å². The third kappa shape index (κ3) is 3.90. The highest BCUT2D eigenvalue weighted by atomic mass is 79.9. The zero-order chi connectivity index (χ0) is 20.6. The molecule has 0 bridgehead atoms. The van der Waals surface area contributed by atoms with Crippen molar-refractivity contribution in [3.63, 3.8) is 0 Å². The van der Waals surface area contributed by atoms with Gasteiger partial charge in [0, 0.05) is 28.8 Å². The molecule has 0 saturated carbocycles. The molecule has 0 saturated heterocycles. The molecule has 0 spiro atoms. The van der Waals surface area contributed by atoms with E-state index < -0.39 is 16.1 Å². The fraction of sp³-hybridized carbons (Fsp3) is 0.263. The van der Waals surface area contributed by atoms with Gasteiger partial charge in [-0.05, 0) is 50.2 Å². The second-order valence-electron chi connectivity index (χ2n) is 6.82. The number of hydrogen-bond acceptors (Lipinski definition) is 4. The first-order valence-corrected chi connectivity index (χ1v) is 11.2. The average molecular weight is 466 g/mol. The molecule has 0 aliphatic rings. The molecule has 3 rings (SSSR count). The minimum Gasteiger partial charge on any atom is -0.465 e. The Morgan fingerprint density at radius 3 is 2.64 bits per heavy atom. The number of amides is 1. The summed E-state index contributed by atoms with van der Waals surface area (Å²) in [5.41, 5.74) is 4.03. The lowest BCUT2D eigenvalue weighted by Gasteiger charge is -2.15. The summed E-state index contributed by atoms with van der Waals surface area (Å²) in [5, 5.41) is 12.0. The maximum atomic E-state index is 12.1. The first kappa shape index (κ1) is 20.3. The molecule has 28 heavy (non-hydrogen) atoms. The van der Waals surface area contributed by atoms with Gasteiger partial charge in [0.15, 0.2) is 5.65 Å². The number of nitrogens with zero attached hydrogens (tertiary/aromatic N) is 2. The molecule has 0 atom stereocenters. The Morgan fingerprint density at radius 2 is 2.04 bits per heavy atom. The van der Waals surface area contributed by atoms with Crippen molar-refractivity contribution >= 4 is 43.1 Å². The molecule has 0 unspecified atom stereocenters. The summed E-state index contributed by atoms with van der Waals surface area (Å²) in [5.74, 6) is 0.187. The number of fused-ring (bicyclic) bond motifs is 1. The molecule has 3 aromatic rings. The highest BCUT2D eigenvalue weighted by Crippen LogP contribution is 2.36. The van der Waals surface area contributed by atoms with Crippen LogP contribution in [-0.4, -0.2) is 34.8 Å². The van der Waals surface area contributed by atoms with Gasteiger partial charge >= 0.3 is 6.09 Å². The lowest BCUT2D eigenvalue weighted by atomic mass is 9.92. The van der Waals surface area contributed by atoms with Crippen LogP contribution in [0.1, 0.15) is 30.9 Å². The van der Waals surface area contributed by atoms with E-state index in [1.54, 1.807) is 6.20 Å². The molecule has 2 N–H and O–H groups in total. The summed E-state index contributed by atoms with van der Waals surface area (Å²) in [4.78, 5) is 15.1. The molecule has 2 heterocycles. The fourth-order valence-electron chi connectivity index (χ4n) is 3.21. The summed E-state index contributed by atoms with van der Waals surface area (Å²) >= 11 is 3.46. The van der Waals surface area contributed by atoms with Crippen LogP contribution >= 0.6 is 15.9 Å². The van der Waals surface area contributed by atoms with Gasteiger partial charge in [0.05, 0.1) is 6.26 Å². The minimum absolute atomic E-state index is 0.187. The second kappa shape index (κ2) is 7.56. The number of halogens is 1. The molecule has 7 nitrogen and oxygen atoms in total. The van der Waals surface area contributed by atoms with Crippen LogP contribution in [0.5, 0.6) is 0 Å². The van der Waals surface area contributed by atoms with Crippen LogP contribution < -0.4 is 5.32 Å². The van der Waals surface area contributed by atoms with E-state index in [0.717, 1.165) is 32.5 Å². The van der Waals surface area contributed by atoms with Crippen LogP contribution in [0.3, 0.4) is 0 Å². The van der Waals surface area contributed by atoms with Crippen LogP contribution in [0, 0.1) is 0 Å². The number of aromatic nitrogens is 2. The molecule has 1 amide bonds. The summed E-state index contributed by atoms with van der Waals surface area (Å²) in [6.45, 7) is 4.31. The van der Waals surface area contributed by atoms with Crippen LogP contribution in [-0.2, 0) is 16.6 Å². The van der Waals surface area contributed by atoms with E-state index >= 15 is 0 Å². The largest absolute Gasteiger partial charge is 0.465 e. The number of rotatable bonds is 5. The molecule has 0 aliphatic heterocycles. The molecular formula is C19H20BrN3O4S. The normalized spacial score (nSPS) is 11.9. The molecule has 148 valence electrons. The summed E-state index contributed by atoms with van der Waals surface area (Å²) in [6, 6.07) is 7.66. The quantitative estimate of drug-likeness (QED) is 0.588. The Hall–Kier alpha value is -2.39. The van der Waals surface area contributed by atoms with Crippen molar-refractivity contribution in [1.29, 1.82) is 0 Å². The van der Waals surface area contributed by atoms with Gasteiger partial charge in [-0.2, -0.15) is 0 Å². The van der Waals surface area contributed by atoms with Crippen molar-refractivity contribution in [2.75, 3.05) is 6.26 Å². The van der Waals surface area contributed by atoms with E-state index in [-0.39, 0.29) is 12.5 Å². The third-order valence-corrected chi connectivity index (χ3v) is 6.07. The second-order valence-corrected chi connectivity index (χ2v) is 9.53. The van der Waals surface area contributed by atoms with Gasteiger partial charge in [0.25, 0.3) is 0 Å². The van der Waals surface area contributed by atoms with Crippen molar-refractivity contribution in [2.45, 2.75) is 26.3 Å². The van der Waals surface area contributed by atoms with Crippen LogP contribution in [0.15, 0.2) is 41.1 Å². The number of pyridine rings is 1. The number of benzene rings is 1. The Labute approximate surface area is 171 Å². The molecule has 0 aliphatic carbocycles. The molecule has 1 aromatic carbocycles. The first-order chi connectivity index (χ1) is 13.1. The molecule has 2 aromatic heterocycles. The highest BCUT2D eigenvalue weighted by molar-refractivity contribution is 9.10. The zero-order valence-corrected chi connectivity index (χ0v) is 18.0. The van der Waals surface area contributed by atoms with E-state index in [9.17, 15) is 13.2 Å². The Bertz CT molecular complexity index is 1170. The fourth-order valence-corrected chi connectivity index (χ4v) is 4.69. The summed E-state index contributed by atoms with van der Waals surface area (Å²) in [7, 11) is -3.49. The van der Waals surface area contributed by atoms with Crippen LogP contribution in [0.4, 0.5) is 4.79 Å². The Balaban J connectivity index is 2.19. The Kier molecular flexibility index (Phi) is 5.49. The number of carbonyl (C=O) groups is 1. The predicted molar refractivity (Wildman–Crippen MR) is 112 cm³/mol. The van der Waals surface area contributed by atoms with E-state index in [0.29, 0.717) is 15.5 Å². The number of nitrogens with one attached hydrogen (secondary N) is 1. The average Bonchev–Trinajstić information content (AvgIpc) is 2.97. The van der Waals surface area contributed by atoms with Gasteiger partial charge in [0.2, 0.25) is 10.0 Å². The van der Waals surface area contributed by atoms with Crippen molar-refractivity contribution < 1.29 is 18.3 Å². The standard InChI is InChI=1S/C19H20BrN3O4S/c1-11(2)15-8-12(4-5-13(15)9-22-19(24)25)14-6-7-21-18-17(14)16(20)10-23(18)28(3,26)27/h4-8,10-11,22H,9H2,1-3H3,(H,24,25). The van der Waals surface area contributed by atoms with Crippen LogP contribution in [0.2, 0.25) is 0 Å². The number of hydrogen-bond donors (Lipinski definition) is 2. The lowest BCUT2D eigenvalue weighted by molar-refractivity contribution is 0.194. The third-order valence-electron chi connectivity index (χ3n) is 4.48. The minimum atomic E-state index is -3.49. The SMILES string of the molecule is CC(C)c1cc(-c2ccnc3c2c(Br)cn3S(C)(=O)=O)ccc1CNC(=O)O. The molecular weight excluding hydrogens is 446 g/mol. The molecule has 0 radical (unpaired) electrons. The monoisotopic (exact) mass is 465 g/mol. The molecule has 9 heteroatoms. The van der Waals surface area contributed by atoms with E-state index in [4.69, 9.17) is 5.11 Å². The van der Waals surface area contributed by atoms with E-state index in [1.807, 2.05) is 38.1 Å². The van der Waals surface area contributed by atoms with Crippen molar-refractivity contribution in [2.24, 2.45) is 0 Å². The first-order valence-electron chi connectivity index (χ1n) is 8.55. The van der Waals surface area contributed by atoms with Gasteiger partial charge in [0.1, 0.15) is 0 Å². The van der Waals surface area contributed by atoms with E-state index in [2.05, 4.69) is 26.2 Å². The predicted octanol–water partition coefficient (Wildman–Crippen LogP) is 4.16. The van der Waals surface area contributed by atoms with Crippen LogP contribution in [0.25, 0.3) is 22.2 Å². The van der Waals surface area contributed by atoms with Gasteiger partial charge in [-0.25, -0.2) is 22.2 Å². The Morgan fingerprint density at radius 1 is 1.32 bits per heavy atom. The maximum absolute atomic E-state index is 12.1. The topological polar surface area (TPSA) is 101 Å². The van der Waals surface area contributed by atoms with Gasteiger partial charge in [-0.1, -0.05) is 32.0 Å². The zero-order valence-electron chi connectivity index (χ0n) is 15.6. The molecule has 0 fully saturated rings. The number of carboxylic acid groups (broad SMARTS) is 1. The lowest BCUT2D eigenvalue weighted by Crippen LogP contribution is -2.21. The maximum Gasteiger partial charge on any atom is 0.404 e. The summed E-state index contributed by atoms with van der Waals surface area (Å²) < 4.78 is 25.9. The summed E-state index contributed by atoms with van der Waals surface area (Å²) in [6.07, 6.45) is 3.15. The van der Waals surface area contributed by atoms with E-state index in [1.165, 1.54) is 6.20 Å². The van der Waals surface area contributed by atoms with Gasteiger partial charge in [-0.15, -0.1) is 0 Å². The van der Waals surface area contributed by atoms with Gasteiger partial charge in [-0.3, -0.25) is 0 Å². The van der Waals surface area contributed by atoms with Crippen molar-refractivity contribution in [3.8, 4) is 11.1 Å².